The highest BCUT2D eigenvalue weighted by Crippen LogP contribution is 2.39. The Labute approximate surface area is 218 Å². The third kappa shape index (κ3) is 5.83. The lowest BCUT2D eigenvalue weighted by Gasteiger charge is -2.17. The fourth-order valence-corrected chi connectivity index (χ4v) is 4.34. The molecule has 0 radical (unpaired) electrons. The van der Waals surface area contributed by atoms with Gasteiger partial charge in [-0.2, -0.15) is 9.78 Å². The van der Waals surface area contributed by atoms with Gasteiger partial charge in [-0.15, -0.1) is 11.3 Å². The molecule has 0 saturated heterocycles. The van der Waals surface area contributed by atoms with E-state index in [2.05, 4.69) is 20.4 Å². The van der Waals surface area contributed by atoms with E-state index in [0.717, 1.165) is 4.88 Å². The van der Waals surface area contributed by atoms with Crippen molar-refractivity contribution in [2.24, 2.45) is 0 Å². The number of anilines is 1. The molecule has 0 saturated carbocycles. The summed E-state index contributed by atoms with van der Waals surface area (Å²) in [4.78, 5) is 33.9. The zero-order chi connectivity index (χ0) is 26.4. The van der Waals surface area contributed by atoms with E-state index >= 15 is 0 Å². The fraction of sp³-hybridized carbons (Fsp3) is 0.308. The predicted octanol–water partition coefficient (Wildman–Crippen LogP) is 4.69. The Morgan fingerprint density at radius 3 is 2.32 bits per heavy atom. The van der Waals surface area contributed by atoms with Gasteiger partial charge in [0.05, 0.1) is 24.7 Å². The summed E-state index contributed by atoms with van der Waals surface area (Å²) >= 11 is 1.51. The Balaban J connectivity index is 1.77. The van der Waals surface area contributed by atoms with Crippen molar-refractivity contribution in [2.75, 3.05) is 25.1 Å². The van der Waals surface area contributed by atoms with Gasteiger partial charge in [-0.25, -0.2) is 4.98 Å². The van der Waals surface area contributed by atoms with Crippen LogP contribution in [0.5, 0.6) is 17.2 Å². The number of ether oxygens (including phenoxy) is 3. The smallest absolute Gasteiger partial charge is 0.257 e. The third-order valence-corrected chi connectivity index (χ3v) is 6.13. The van der Waals surface area contributed by atoms with Crippen LogP contribution in [0.3, 0.4) is 0 Å². The maximum Gasteiger partial charge on any atom is 0.257 e. The molecule has 3 heterocycles. The van der Waals surface area contributed by atoms with Crippen LogP contribution >= 0.6 is 11.3 Å². The molecule has 0 spiro atoms. The van der Waals surface area contributed by atoms with Gasteiger partial charge in [0.2, 0.25) is 11.7 Å². The predicted molar refractivity (Wildman–Crippen MR) is 143 cm³/mol. The van der Waals surface area contributed by atoms with Gasteiger partial charge >= 0.3 is 0 Å². The first-order valence-electron chi connectivity index (χ1n) is 12.1. The van der Waals surface area contributed by atoms with Crippen LogP contribution in [0.2, 0.25) is 0 Å². The van der Waals surface area contributed by atoms with Gasteiger partial charge in [0, 0.05) is 23.4 Å². The molecule has 3 aromatic heterocycles. The second-order valence-electron chi connectivity index (χ2n) is 7.77. The average molecular weight is 524 g/mol. The Morgan fingerprint density at radius 1 is 1.03 bits per heavy atom. The number of H-pyrrole nitrogens is 1. The molecule has 10 nitrogen and oxygen atoms in total. The summed E-state index contributed by atoms with van der Waals surface area (Å²) in [6.45, 7) is 8.67. The lowest BCUT2D eigenvalue weighted by atomic mass is 10.1. The Hall–Kier alpha value is -4.12. The summed E-state index contributed by atoms with van der Waals surface area (Å²) in [5.74, 6) is 1.40. The molecule has 1 amide bonds. The Bertz CT molecular complexity index is 1400. The summed E-state index contributed by atoms with van der Waals surface area (Å²) in [7, 11) is 0. The van der Waals surface area contributed by atoms with Gasteiger partial charge in [0.1, 0.15) is 11.5 Å². The molecule has 0 unspecified atom stereocenters. The number of rotatable bonds is 11. The maximum atomic E-state index is 13.5. The second-order valence-corrected chi connectivity index (χ2v) is 8.72. The van der Waals surface area contributed by atoms with Crippen molar-refractivity contribution in [2.45, 2.75) is 34.1 Å². The van der Waals surface area contributed by atoms with E-state index in [4.69, 9.17) is 14.2 Å². The van der Waals surface area contributed by atoms with E-state index in [-0.39, 0.29) is 11.5 Å². The molecule has 4 rings (SSSR count). The highest BCUT2D eigenvalue weighted by molar-refractivity contribution is 7.13. The van der Waals surface area contributed by atoms with Gasteiger partial charge in [-0.1, -0.05) is 13.0 Å². The minimum atomic E-state index is -0.419. The largest absolute Gasteiger partial charge is 0.490 e. The Morgan fingerprint density at radius 2 is 1.73 bits per heavy atom. The molecule has 0 fully saturated rings. The molecule has 37 heavy (non-hydrogen) atoms. The molecule has 0 atom stereocenters. The number of thiophene rings is 1. The number of aryl methyl sites for hydroxylation is 1. The lowest BCUT2D eigenvalue weighted by molar-refractivity contribution is 0.102. The highest BCUT2D eigenvalue weighted by atomic mass is 32.1. The summed E-state index contributed by atoms with van der Waals surface area (Å²) in [6.07, 6.45) is 0.574. The molecule has 0 aliphatic rings. The van der Waals surface area contributed by atoms with Crippen LogP contribution in [0.1, 0.15) is 43.7 Å². The first-order chi connectivity index (χ1) is 18.0. The number of amides is 1. The third-order valence-electron chi connectivity index (χ3n) is 5.24. The number of hydrogen-bond donors (Lipinski definition) is 2. The van der Waals surface area contributed by atoms with Crippen LogP contribution in [-0.2, 0) is 6.42 Å². The molecule has 0 aliphatic carbocycles. The number of aromatic nitrogens is 4. The molecule has 0 bridgehead atoms. The topological polar surface area (TPSA) is 120 Å². The number of carbonyl (C=O) groups is 1. The quantitative estimate of drug-likeness (QED) is 0.292. The molecule has 194 valence electrons. The van der Waals surface area contributed by atoms with Crippen molar-refractivity contribution in [1.29, 1.82) is 0 Å². The van der Waals surface area contributed by atoms with E-state index < -0.39 is 5.91 Å². The zero-order valence-electron chi connectivity index (χ0n) is 21.2. The molecule has 2 N–H and O–H groups in total. The maximum absolute atomic E-state index is 13.5. The fourth-order valence-electron chi connectivity index (χ4n) is 3.66. The van der Waals surface area contributed by atoms with Crippen molar-refractivity contribution >= 4 is 23.1 Å². The molecule has 1 aromatic carbocycles. The van der Waals surface area contributed by atoms with Gasteiger partial charge in [-0.05, 0) is 50.8 Å². The normalized spacial score (nSPS) is 10.8. The number of nitrogens with zero attached hydrogens (tertiary/aromatic N) is 3. The van der Waals surface area contributed by atoms with Gasteiger partial charge in [-0.3, -0.25) is 14.6 Å². The molecular formula is C26H29N5O5S. The first kappa shape index (κ1) is 26.0. The lowest BCUT2D eigenvalue weighted by Crippen LogP contribution is -2.19. The van der Waals surface area contributed by atoms with Crippen molar-refractivity contribution in [3.05, 3.63) is 63.4 Å². The standard InChI is InChI=1S/C26H29N5O5S/c1-5-17-14-23(32)29-26(27-17)31-22(15-18(30-31)21-10-9-11-37-21)28-25(33)16-12-19(34-6-2)24(36-8-4)20(13-16)35-7-3/h9-15H,5-8H2,1-4H3,(H,28,33)(H,27,29,32). The van der Waals surface area contributed by atoms with Crippen LogP contribution in [0.25, 0.3) is 16.5 Å². The van der Waals surface area contributed by atoms with E-state index in [1.165, 1.54) is 22.1 Å². The zero-order valence-corrected chi connectivity index (χ0v) is 22.0. The molecule has 4 aromatic rings. The van der Waals surface area contributed by atoms with Gasteiger partial charge in [0.25, 0.3) is 11.5 Å². The van der Waals surface area contributed by atoms with E-state index in [9.17, 15) is 9.59 Å². The molecular weight excluding hydrogens is 494 g/mol. The van der Waals surface area contributed by atoms with Crippen molar-refractivity contribution in [3.63, 3.8) is 0 Å². The first-order valence-corrected chi connectivity index (χ1v) is 13.0. The second kappa shape index (κ2) is 11.7. The highest BCUT2D eigenvalue weighted by Gasteiger charge is 2.21. The monoisotopic (exact) mass is 523 g/mol. The Kier molecular flexibility index (Phi) is 8.24. The summed E-state index contributed by atoms with van der Waals surface area (Å²) in [5.41, 5.74) is 1.25. The molecule has 11 heteroatoms. The van der Waals surface area contributed by atoms with Crippen LogP contribution < -0.4 is 25.1 Å². The minimum Gasteiger partial charge on any atom is -0.490 e. The van der Waals surface area contributed by atoms with Crippen LogP contribution in [0.4, 0.5) is 5.82 Å². The summed E-state index contributed by atoms with van der Waals surface area (Å²) < 4.78 is 18.7. The summed E-state index contributed by atoms with van der Waals surface area (Å²) in [5, 5.41) is 9.48. The SMILES string of the molecule is CCOc1cc(C(=O)Nc2cc(-c3cccs3)nn2-c2nc(CC)cc(=O)[nH]2)cc(OCC)c1OCC. The van der Waals surface area contributed by atoms with Crippen molar-refractivity contribution < 1.29 is 19.0 Å². The minimum absolute atomic E-state index is 0.208. The van der Waals surface area contributed by atoms with E-state index in [0.29, 0.717) is 66.3 Å². The van der Waals surface area contributed by atoms with Crippen molar-refractivity contribution in [1.82, 2.24) is 19.7 Å². The van der Waals surface area contributed by atoms with Crippen LogP contribution in [-0.4, -0.2) is 45.5 Å². The number of carbonyl (C=O) groups excluding carboxylic acids is 1. The van der Waals surface area contributed by atoms with E-state index in [1.54, 1.807) is 18.2 Å². The number of hydrogen-bond acceptors (Lipinski definition) is 8. The molecule has 0 aliphatic heterocycles. The number of aromatic amines is 1. The average Bonchev–Trinajstić information content (AvgIpc) is 3.56. The van der Waals surface area contributed by atoms with Gasteiger partial charge < -0.3 is 19.5 Å². The van der Waals surface area contributed by atoms with Crippen LogP contribution in [0.15, 0.2) is 46.6 Å². The van der Waals surface area contributed by atoms with Crippen molar-refractivity contribution in [3.8, 4) is 33.8 Å². The van der Waals surface area contributed by atoms with E-state index in [1.807, 2.05) is 45.2 Å². The number of nitrogens with one attached hydrogen (secondary N) is 2. The van der Waals surface area contributed by atoms with Gasteiger partial charge in [0.15, 0.2) is 11.5 Å². The summed E-state index contributed by atoms with van der Waals surface area (Å²) in [6, 6.07) is 10.3. The number of benzene rings is 1. The van der Waals surface area contributed by atoms with Crippen LogP contribution in [0, 0.1) is 0 Å².